The number of fused-ring (bicyclic) bond motifs is 4. The Kier molecular flexibility index (Phi) is 36.0. The molecule has 37 nitrogen and oxygen atoms in total. The molecule has 1 aliphatic heterocycles. The van der Waals surface area contributed by atoms with E-state index in [0.29, 0.717) is 51.8 Å². The molecule has 15 amide bonds. The third-order valence-electron chi connectivity index (χ3n) is 22.5. The van der Waals surface area contributed by atoms with Crippen LogP contribution in [0, 0.1) is 11.8 Å². The first-order valence-corrected chi connectivity index (χ1v) is 43.8. The van der Waals surface area contributed by atoms with Crippen molar-refractivity contribution in [2.75, 3.05) is 39.3 Å². The van der Waals surface area contributed by atoms with E-state index in [4.69, 9.17) is 5.73 Å². The summed E-state index contributed by atoms with van der Waals surface area (Å²) in [5, 5.41) is 65.8. The summed E-state index contributed by atoms with van der Waals surface area (Å²) in [5.74, 6) is -11.1. The molecule has 1 unspecified atom stereocenters. The Balaban J connectivity index is 0.963. The second-order valence-electron chi connectivity index (χ2n) is 32.8. The first-order chi connectivity index (χ1) is 62.0. The molecule has 1 aliphatic rings. The minimum atomic E-state index is -1.92. The van der Waals surface area contributed by atoms with Crippen LogP contribution in [0.1, 0.15) is 124 Å². The van der Waals surface area contributed by atoms with Crippen LogP contribution >= 0.6 is 0 Å². The van der Waals surface area contributed by atoms with Gasteiger partial charge in [0, 0.05) is 91.9 Å². The van der Waals surface area contributed by atoms with Crippen LogP contribution in [-0.4, -0.2) is 229 Å². The maximum atomic E-state index is 15.5. The first kappa shape index (κ1) is 97.4. The molecule has 1 fully saturated rings. The molecule has 0 spiro atoms. The second kappa shape index (κ2) is 47.7. The monoisotopic (exact) mass is 1770 g/mol. The molecule has 19 N–H and O–H groups in total. The Hall–Kier alpha value is -13.8. The zero-order chi connectivity index (χ0) is 92.8. The van der Waals surface area contributed by atoms with E-state index in [1.54, 1.807) is 166 Å². The van der Waals surface area contributed by atoms with Crippen molar-refractivity contribution < 1.29 is 82.1 Å². The molecule has 0 bridgehead atoms. The lowest BCUT2D eigenvalue weighted by Gasteiger charge is -2.29. The van der Waals surface area contributed by atoms with Gasteiger partial charge in [-0.05, 0) is 138 Å². The van der Waals surface area contributed by atoms with Gasteiger partial charge in [0.25, 0.3) is 0 Å². The molecule has 10 rings (SSSR count). The van der Waals surface area contributed by atoms with Crippen molar-refractivity contribution in [2.45, 2.75) is 198 Å². The fourth-order valence-electron chi connectivity index (χ4n) is 15.1. The molecule has 5 aromatic carbocycles. The summed E-state index contributed by atoms with van der Waals surface area (Å²) in [6.45, 7) is 7.88. The van der Waals surface area contributed by atoms with Crippen LogP contribution in [-0.2, 0) is 59.2 Å². The highest BCUT2D eigenvalue weighted by Crippen LogP contribution is 2.21. The van der Waals surface area contributed by atoms with Gasteiger partial charge in [-0.15, -0.1) is 0 Å². The summed E-state index contributed by atoms with van der Waals surface area (Å²) in [6.07, 6.45) is 2.87. The fraction of sp³-hybridized carbons (Fsp3) is 0.424. The number of hydrogen-bond donors (Lipinski definition) is 18. The van der Waals surface area contributed by atoms with Crippen LogP contribution < -0.4 is 85.5 Å². The van der Waals surface area contributed by atoms with Gasteiger partial charge in [-0.2, -0.15) is 0 Å². The third kappa shape index (κ3) is 27.6. The molecule has 0 saturated carbocycles. The number of para-hydroxylation sites is 4. The van der Waals surface area contributed by atoms with Crippen molar-refractivity contribution in [1.82, 2.24) is 98.0 Å². The zero-order valence-corrected chi connectivity index (χ0v) is 73.1. The number of aliphatic hydroxyl groups excluding tert-OH is 2. The average molecular weight is 1780 g/mol. The van der Waals surface area contributed by atoms with Gasteiger partial charge in [-0.3, -0.25) is 71.0 Å². The lowest BCUT2D eigenvalue weighted by atomic mass is 10.00. The highest BCUT2D eigenvalue weighted by Gasteiger charge is 2.39. The lowest BCUT2D eigenvalue weighted by molar-refractivity contribution is -0.137. The number of carbonyl (C=O) groups excluding carboxylic acids is 15. The number of nitrogens with zero attached hydrogens (tertiary/aromatic N) is 4. The Labute approximate surface area is 745 Å². The Bertz CT molecular complexity index is 5430. The van der Waals surface area contributed by atoms with Crippen molar-refractivity contribution in [1.29, 1.82) is 0 Å². The molecule has 37 heteroatoms. The predicted octanol–water partition coefficient (Wildman–Crippen LogP) is 3.77. The van der Waals surface area contributed by atoms with Crippen LogP contribution in [0.2, 0.25) is 0 Å². The summed E-state index contributed by atoms with van der Waals surface area (Å²) in [7, 11) is 0. The van der Waals surface area contributed by atoms with Gasteiger partial charge < -0.3 is 95.7 Å². The van der Waals surface area contributed by atoms with Crippen molar-refractivity contribution >= 4 is 133 Å². The number of nitrogens with two attached hydrogens (primary N) is 1. The standard InChI is InChI=1S/C92H118N20O17/c1-7-56(4)21-11-20-32-76(115)99-65(35-45-95-89(126)109-49-39-60-24-12-16-28-72(60)109)83(120)108-78(58(6)114)88(125)104-68(37-47-97-91(128)111-51-41-62-26-14-18-30-74(62)111)82(119)101-66-34-44-94-87(124)77(57(5)113)107-84(121)69(38-48-98-92(129)112-52-42-63-27-15-19-31-75(63)112)102-81(118)67(36-46-96-90(127)110-50-40-61-25-13-17-29-73(61)110)103-85(122)70(53-55(2)3)105-86(123)71(54-59-22-9-8-10-23-59)106-79(116)64(33-43-93)100-80(66)117/h8-10,12-19,22-31,39-42,49-52,55-58,64-71,77-78,113-114H,7,11,20-21,32-38,43-48,53-54,93H2,1-6H3,(H,94,124)(H,95,126)(H,96,127)(H,97,128)(H,98,129)(H,99,115)(H,100,117)(H,101,119)(H,102,118)(H,103,122)(H,104,125)(H,105,123)(H,106,116)(H,107,121)(H,108,120)/t56?,57-,58-,64+,65+,66+,67+,68+,69+,70+,71-,77-,78-/m1/s1. The summed E-state index contributed by atoms with van der Waals surface area (Å²) < 4.78 is 5.34. The maximum absolute atomic E-state index is 15.5. The van der Waals surface area contributed by atoms with Crippen molar-refractivity contribution in [2.24, 2.45) is 17.6 Å². The SMILES string of the molecule is CCC(C)CCCCC(=O)N[C@@H](CCNC(=O)n1ccc2ccccc21)C(=O)N[C@@H](C(=O)N[C@@H](CCNC(=O)n1ccc2ccccc21)C(=O)N[C@H]1CCNC(=O)[C@@H]([C@@H](C)O)NC(=O)[C@H](CCNC(=O)n2ccc3ccccc32)NC(=O)[C@H](CCNC(=O)n2ccc3ccccc32)NC(=O)[C@H](CC(C)C)NC(=O)[C@@H](Cc2ccccc2)NC(=O)[C@H](CCN)NC1=O)[C@@H](C)O. The van der Waals surface area contributed by atoms with Crippen LogP contribution in [0.15, 0.2) is 176 Å². The molecular weight excluding hydrogens is 1660 g/mol. The molecule has 688 valence electrons. The molecule has 9 aromatic rings. The van der Waals surface area contributed by atoms with Crippen molar-refractivity contribution in [3.05, 3.63) is 182 Å². The minimum Gasteiger partial charge on any atom is -0.391 e. The van der Waals surface area contributed by atoms with Gasteiger partial charge in [-0.1, -0.05) is 150 Å². The van der Waals surface area contributed by atoms with Gasteiger partial charge in [-0.25, -0.2) is 19.2 Å². The Morgan fingerprint density at radius 1 is 0.434 bits per heavy atom. The third-order valence-corrected chi connectivity index (χ3v) is 22.5. The maximum Gasteiger partial charge on any atom is 0.326 e. The van der Waals surface area contributed by atoms with E-state index in [1.165, 1.54) is 37.6 Å². The number of amides is 15. The summed E-state index contributed by atoms with van der Waals surface area (Å²) >= 11 is 0. The largest absolute Gasteiger partial charge is 0.391 e. The van der Waals surface area contributed by atoms with E-state index >= 15 is 38.4 Å². The number of rotatable bonds is 33. The zero-order valence-electron chi connectivity index (χ0n) is 73.1. The van der Waals surface area contributed by atoms with E-state index in [2.05, 4.69) is 93.6 Å². The highest BCUT2D eigenvalue weighted by molar-refractivity contribution is 6.01. The first-order valence-electron chi connectivity index (χ1n) is 43.8. The molecule has 13 atom stereocenters. The molecule has 0 aliphatic carbocycles. The van der Waals surface area contributed by atoms with Crippen LogP contribution in [0.25, 0.3) is 43.6 Å². The number of unbranched alkanes of at least 4 members (excludes halogenated alkanes) is 1. The predicted molar refractivity (Wildman–Crippen MR) is 483 cm³/mol. The number of nitrogens with one attached hydrogen (secondary N) is 15. The van der Waals surface area contributed by atoms with Crippen molar-refractivity contribution in [3.63, 3.8) is 0 Å². The highest BCUT2D eigenvalue weighted by atomic mass is 16.3. The number of hydrogen-bond acceptors (Lipinski definition) is 18. The van der Waals surface area contributed by atoms with Crippen LogP contribution in [0.4, 0.5) is 19.2 Å². The van der Waals surface area contributed by atoms with Gasteiger partial charge >= 0.3 is 24.1 Å². The number of aliphatic hydroxyl groups is 2. The topological polar surface area (TPSA) is 523 Å². The van der Waals surface area contributed by atoms with E-state index in [9.17, 15) is 43.8 Å². The second-order valence-corrected chi connectivity index (χ2v) is 32.8. The molecule has 5 heterocycles. The molecule has 1 saturated heterocycles. The van der Waals surface area contributed by atoms with E-state index in [0.717, 1.165) is 35.9 Å². The summed E-state index contributed by atoms with van der Waals surface area (Å²) in [5.41, 5.74) is 8.88. The van der Waals surface area contributed by atoms with Crippen molar-refractivity contribution in [3.8, 4) is 0 Å². The summed E-state index contributed by atoms with van der Waals surface area (Å²) in [4.78, 5) is 220. The van der Waals surface area contributed by atoms with Gasteiger partial charge in [0.2, 0.25) is 65.0 Å². The molecule has 4 aromatic heterocycles. The van der Waals surface area contributed by atoms with Gasteiger partial charge in [0.05, 0.1) is 34.3 Å². The number of carbonyl (C=O) groups is 15. The normalized spacial score (nSPS) is 19.0. The average Bonchev–Trinajstić information content (AvgIpc) is 1.70. The van der Waals surface area contributed by atoms with E-state index in [1.807, 2.05) is 12.1 Å². The van der Waals surface area contributed by atoms with Gasteiger partial charge in [0.1, 0.15) is 60.4 Å². The summed E-state index contributed by atoms with van der Waals surface area (Å²) in [6, 6.07) is 24.0. The van der Waals surface area contributed by atoms with E-state index in [-0.39, 0.29) is 70.6 Å². The fourth-order valence-corrected chi connectivity index (χ4v) is 15.1. The van der Waals surface area contributed by atoms with Gasteiger partial charge in [0.15, 0.2) is 0 Å². The lowest BCUT2D eigenvalue weighted by Crippen LogP contribution is -2.62. The molecule has 0 radical (unpaired) electrons. The quantitative estimate of drug-likeness (QED) is 0.0260. The Morgan fingerprint density at radius 2 is 0.845 bits per heavy atom. The van der Waals surface area contributed by atoms with Crippen LogP contribution in [0.5, 0.6) is 0 Å². The smallest absolute Gasteiger partial charge is 0.326 e. The minimum absolute atomic E-state index is 0.0154. The van der Waals surface area contributed by atoms with Crippen LogP contribution in [0.3, 0.4) is 0 Å². The van der Waals surface area contributed by atoms with E-state index < -0.39 is 194 Å². The number of benzene rings is 5. The Morgan fingerprint density at radius 3 is 1.30 bits per heavy atom. The number of aromatic nitrogens is 4. The molecular formula is C92H118N20O17. The molecule has 129 heavy (non-hydrogen) atoms.